The Morgan fingerprint density at radius 3 is 2.30 bits per heavy atom. The fourth-order valence-electron chi connectivity index (χ4n) is 5.41. The molecule has 5 N–H and O–H groups in total. The molecule has 47 heavy (non-hydrogen) atoms. The molecule has 2 amide bonds. The molecule has 0 aliphatic carbocycles. The van der Waals surface area contributed by atoms with E-state index in [0.29, 0.717) is 42.8 Å². The summed E-state index contributed by atoms with van der Waals surface area (Å²) in [6.45, 7) is 1.18. The summed E-state index contributed by atoms with van der Waals surface area (Å²) in [4.78, 5) is 29.5. The highest BCUT2D eigenvalue weighted by atomic mass is 19.1. The van der Waals surface area contributed by atoms with E-state index >= 15 is 4.39 Å². The molecule has 0 radical (unpaired) electrons. The molecule has 0 spiro atoms. The van der Waals surface area contributed by atoms with Gasteiger partial charge in [-0.3, -0.25) is 9.78 Å². The predicted molar refractivity (Wildman–Crippen MR) is 170 cm³/mol. The van der Waals surface area contributed by atoms with Crippen LogP contribution in [-0.2, 0) is 27.2 Å². The zero-order chi connectivity index (χ0) is 33.2. The number of halogens is 3. The highest BCUT2D eigenvalue weighted by Crippen LogP contribution is 2.30. The number of hydrogen-bond donors (Lipinski definition) is 4. The van der Waals surface area contributed by atoms with E-state index in [9.17, 15) is 18.4 Å². The van der Waals surface area contributed by atoms with Gasteiger partial charge in [0.2, 0.25) is 5.91 Å². The van der Waals surface area contributed by atoms with Crippen LogP contribution in [0.25, 0.3) is 0 Å². The van der Waals surface area contributed by atoms with Crippen LogP contribution in [0, 0.1) is 17.5 Å². The summed E-state index contributed by atoms with van der Waals surface area (Å²) in [5, 5.41) is 8.74. The number of nitrogens with two attached hydrogens (primary N) is 1. The summed E-state index contributed by atoms with van der Waals surface area (Å²) in [7, 11) is 0. The number of carbonyl (C=O) groups excluding carboxylic acids is 2. The lowest BCUT2D eigenvalue weighted by Gasteiger charge is -2.30. The number of benzene rings is 3. The van der Waals surface area contributed by atoms with Crippen LogP contribution >= 0.6 is 0 Å². The third-order valence-electron chi connectivity index (χ3n) is 7.96. The van der Waals surface area contributed by atoms with E-state index in [4.69, 9.17) is 15.2 Å². The number of ether oxygens (including phenoxy) is 2. The summed E-state index contributed by atoms with van der Waals surface area (Å²) in [5.74, 6) is -2.69. The molecule has 1 saturated heterocycles. The van der Waals surface area contributed by atoms with Crippen molar-refractivity contribution in [1.29, 1.82) is 0 Å². The molecule has 5 rings (SSSR count). The molecule has 4 aromatic rings. The number of nitrogens with zero attached hydrogens (tertiary/aromatic N) is 1. The number of hydrogen-bond acceptors (Lipinski definition) is 7. The standard InChI is InChI=1S/C35H36F3N5O4/c36-25-10-6-23(7-11-25)32(24-8-12-26(37)13-9-24)33(39)34(44)43-31-5-1-4-30(38)29(31)15-14-28-19-41-27(20-46-28)21-47-35(45)42-18-22-3-2-16-40-17-22/h1-13,16-17,27-28,32-33,41H,14-15,18-21,39H2,(H,42,45)(H,43,44)/t27-,28+,33?/m0/s1. The van der Waals surface area contributed by atoms with Gasteiger partial charge in [0.15, 0.2) is 0 Å². The van der Waals surface area contributed by atoms with E-state index in [-0.39, 0.29) is 30.9 Å². The lowest BCUT2D eigenvalue weighted by Crippen LogP contribution is -2.49. The van der Waals surface area contributed by atoms with Crippen LogP contribution in [0.4, 0.5) is 23.7 Å². The topological polar surface area (TPSA) is 128 Å². The Labute approximate surface area is 270 Å². The summed E-state index contributed by atoms with van der Waals surface area (Å²) < 4.78 is 53.6. The van der Waals surface area contributed by atoms with Crippen molar-refractivity contribution in [3.05, 3.63) is 131 Å². The first-order valence-electron chi connectivity index (χ1n) is 15.3. The SMILES string of the molecule is NC(C(=O)Nc1cccc(F)c1CC[C@@H]1CN[C@H](COC(=O)NCc2cccnc2)CO1)C(c1ccc(F)cc1)c1ccc(F)cc1. The van der Waals surface area contributed by atoms with Gasteiger partial charge in [-0.05, 0) is 72.0 Å². The molecule has 1 aliphatic rings. The first-order chi connectivity index (χ1) is 22.8. The van der Waals surface area contributed by atoms with Crippen LogP contribution in [0.5, 0.6) is 0 Å². The molecular formula is C35H36F3N5O4. The zero-order valence-electron chi connectivity index (χ0n) is 25.5. The lowest BCUT2D eigenvalue weighted by atomic mass is 9.85. The molecule has 0 saturated carbocycles. The molecule has 2 heterocycles. The average Bonchev–Trinajstić information content (AvgIpc) is 3.09. The van der Waals surface area contributed by atoms with E-state index in [1.54, 1.807) is 24.5 Å². The van der Waals surface area contributed by atoms with Crippen molar-refractivity contribution in [3.8, 4) is 0 Å². The van der Waals surface area contributed by atoms with E-state index < -0.39 is 41.4 Å². The monoisotopic (exact) mass is 647 g/mol. The Kier molecular flexibility index (Phi) is 11.6. The highest BCUT2D eigenvalue weighted by Gasteiger charge is 2.29. The van der Waals surface area contributed by atoms with Crippen molar-refractivity contribution in [3.63, 3.8) is 0 Å². The van der Waals surface area contributed by atoms with Gasteiger partial charge in [0, 0.05) is 42.7 Å². The molecule has 3 aromatic carbocycles. The van der Waals surface area contributed by atoms with E-state index in [1.807, 2.05) is 6.07 Å². The number of nitrogens with one attached hydrogen (secondary N) is 3. The number of morpholine rings is 1. The maximum atomic E-state index is 15.1. The Bertz CT molecular complexity index is 1570. The van der Waals surface area contributed by atoms with E-state index in [0.717, 1.165) is 5.56 Å². The maximum absolute atomic E-state index is 15.1. The summed E-state index contributed by atoms with van der Waals surface area (Å²) in [6.07, 6.45) is 3.24. The second-order valence-corrected chi connectivity index (χ2v) is 11.3. The number of pyridine rings is 1. The minimum absolute atomic E-state index is 0.117. The van der Waals surface area contributed by atoms with E-state index in [1.165, 1.54) is 60.7 Å². The van der Waals surface area contributed by atoms with Gasteiger partial charge in [-0.25, -0.2) is 18.0 Å². The number of alkyl carbamates (subject to hydrolysis) is 1. The molecule has 1 aromatic heterocycles. The summed E-state index contributed by atoms with van der Waals surface area (Å²) in [6, 6.07) is 17.8. The second-order valence-electron chi connectivity index (χ2n) is 11.3. The second kappa shape index (κ2) is 16.2. The number of rotatable bonds is 12. The molecular weight excluding hydrogens is 611 g/mol. The first-order valence-corrected chi connectivity index (χ1v) is 15.3. The Morgan fingerprint density at radius 2 is 1.68 bits per heavy atom. The van der Waals surface area contributed by atoms with Gasteiger partial charge in [-0.2, -0.15) is 0 Å². The smallest absolute Gasteiger partial charge is 0.407 e. The lowest BCUT2D eigenvalue weighted by molar-refractivity contribution is -0.117. The highest BCUT2D eigenvalue weighted by molar-refractivity contribution is 5.96. The first kappa shape index (κ1) is 33.6. The van der Waals surface area contributed by atoms with Gasteiger partial charge in [0.05, 0.1) is 24.8 Å². The number of aromatic nitrogens is 1. The zero-order valence-corrected chi connectivity index (χ0v) is 25.5. The largest absolute Gasteiger partial charge is 0.448 e. The number of carbonyl (C=O) groups is 2. The number of anilines is 1. The molecule has 246 valence electrons. The van der Waals surface area contributed by atoms with Crippen LogP contribution in [0.3, 0.4) is 0 Å². The van der Waals surface area contributed by atoms with Crippen LogP contribution in [0.15, 0.2) is 91.3 Å². The molecule has 9 nitrogen and oxygen atoms in total. The molecule has 1 fully saturated rings. The summed E-state index contributed by atoms with van der Waals surface area (Å²) in [5.41, 5.74) is 9.02. The molecule has 1 aliphatic heterocycles. The van der Waals surface area contributed by atoms with Gasteiger partial charge >= 0.3 is 6.09 Å². The molecule has 0 bridgehead atoms. The Morgan fingerprint density at radius 1 is 0.979 bits per heavy atom. The quantitative estimate of drug-likeness (QED) is 0.174. The van der Waals surface area contributed by atoms with Crippen molar-refractivity contribution in [2.24, 2.45) is 5.73 Å². The molecule has 12 heteroatoms. The fourth-order valence-corrected chi connectivity index (χ4v) is 5.41. The van der Waals surface area contributed by atoms with Crippen LogP contribution < -0.4 is 21.7 Å². The average molecular weight is 648 g/mol. The normalized spacial score (nSPS) is 16.8. The Hall–Kier alpha value is -4.78. The minimum atomic E-state index is -1.16. The summed E-state index contributed by atoms with van der Waals surface area (Å²) >= 11 is 0. The van der Waals surface area contributed by atoms with Crippen LogP contribution in [0.2, 0.25) is 0 Å². The third-order valence-corrected chi connectivity index (χ3v) is 7.96. The van der Waals surface area contributed by atoms with Gasteiger partial charge in [-0.15, -0.1) is 0 Å². The van der Waals surface area contributed by atoms with Crippen molar-refractivity contribution in [2.75, 3.05) is 25.1 Å². The van der Waals surface area contributed by atoms with Gasteiger partial charge in [-0.1, -0.05) is 36.4 Å². The van der Waals surface area contributed by atoms with Crippen molar-refractivity contribution in [2.45, 2.75) is 43.5 Å². The Balaban J connectivity index is 1.14. The molecule has 1 unspecified atom stereocenters. The predicted octanol–water partition coefficient (Wildman–Crippen LogP) is 4.81. The molecule has 3 atom stereocenters. The van der Waals surface area contributed by atoms with Gasteiger partial charge < -0.3 is 31.2 Å². The van der Waals surface area contributed by atoms with Crippen molar-refractivity contribution < 1.29 is 32.2 Å². The van der Waals surface area contributed by atoms with Crippen LogP contribution in [-0.4, -0.2) is 54.9 Å². The van der Waals surface area contributed by atoms with Gasteiger partial charge in [0.1, 0.15) is 24.1 Å². The van der Waals surface area contributed by atoms with Crippen molar-refractivity contribution >= 4 is 17.7 Å². The number of amides is 2. The van der Waals surface area contributed by atoms with Crippen molar-refractivity contribution in [1.82, 2.24) is 15.6 Å². The fraction of sp³-hybridized carbons (Fsp3) is 0.286. The minimum Gasteiger partial charge on any atom is -0.448 e. The third kappa shape index (κ3) is 9.38. The van der Waals surface area contributed by atoms with E-state index in [2.05, 4.69) is 20.9 Å². The van der Waals surface area contributed by atoms with Gasteiger partial charge in [0.25, 0.3) is 0 Å². The maximum Gasteiger partial charge on any atom is 0.407 e. The van der Waals surface area contributed by atoms with Crippen LogP contribution in [0.1, 0.15) is 34.6 Å².